The van der Waals surface area contributed by atoms with Crippen LogP contribution in [0.2, 0.25) is 0 Å². The summed E-state index contributed by atoms with van der Waals surface area (Å²) in [6, 6.07) is 9.67. The van der Waals surface area contributed by atoms with E-state index in [4.69, 9.17) is 9.47 Å². The second-order valence-electron chi connectivity index (χ2n) is 5.24. The maximum Gasteiger partial charge on any atom is 0.120 e. The molecule has 0 amide bonds. The van der Waals surface area contributed by atoms with Gasteiger partial charge >= 0.3 is 0 Å². The maximum absolute atomic E-state index is 10.1. The topological polar surface area (TPSA) is 54.8 Å². The lowest BCUT2D eigenvalue weighted by molar-refractivity contribution is 0.00467. The summed E-state index contributed by atoms with van der Waals surface area (Å²) in [5.41, 5.74) is 0.943. The highest BCUT2D eigenvalue weighted by atomic mass is 16.5. The van der Waals surface area contributed by atoms with Gasteiger partial charge in [0.15, 0.2) is 0 Å². The predicted octanol–water partition coefficient (Wildman–Crippen LogP) is 1.31. The summed E-state index contributed by atoms with van der Waals surface area (Å²) < 4.78 is 11.0. The molecule has 1 aliphatic heterocycles. The highest BCUT2D eigenvalue weighted by Gasteiger charge is 2.15. The quantitative estimate of drug-likeness (QED) is 0.899. The van der Waals surface area contributed by atoms with Gasteiger partial charge in [-0.25, -0.2) is 0 Å². The first-order valence-corrected chi connectivity index (χ1v) is 7.27. The van der Waals surface area contributed by atoms with Gasteiger partial charge in [0.05, 0.1) is 18.7 Å². The Bertz CT molecular complexity index is 584. The van der Waals surface area contributed by atoms with Gasteiger partial charge in [-0.3, -0.25) is 9.88 Å². The number of aliphatic hydroxyl groups is 1. The molecule has 5 heteroatoms. The molecule has 0 bridgehead atoms. The zero-order chi connectivity index (χ0) is 14.5. The molecule has 5 nitrogen and oxygen atoms in total. The number of fused-ring (bicyclic) bond motifs is 1. The molecule has 1 N–H and O–H groups in total. The average molecular weight is 288 g/mol. The molecule has 1 fully saturated rings. The Morgan fingerprint density at radius 2 is 2.14 bits per heavy atom. The Balaban J connectivity index is 1.53. The molecular weight excluding hydrogens is 268 g/mol. The Hall–Kier alpha value is -1.69. The number of nitrogens with zero attached hydrogens (tertiary/aromatic N) is 2. The molecule has 0 spiro atoms. The molecule has 0 radical (unpaired) electrons. The largest absolute Gasteiger partial charge is 0.491 e. The van der Waals surface area contributed by atoms with Crippen molar-refractivity contribution in [2.45, 2.75) is 6.10 Å². The van der Waals surface area contributed by atoms with Crippen LogP contribution in [0.5, 0.6) is 5.75 Å². The number of pyridine rings is 1. The first-order chi connectivity index (χ1) is 10.3. The number of β-amino-alcohol motifs (C(OH)–C–C–N with tert-alkyl or cyclic N) is 1. The maximum atomic E-state index is 10.1. The molecule has 112 valence electrons. The van der Waals surface area contributed by atoms with Crippen LogP contribution in [0.15, 0.2) is 36.5 Å². The van der Waals surface area contributed by atoms with E-state index in [0.717, 1.165) is 43.0 Å². The third kappa shape index (κ3) is 3.91. The lowest BCUT2D eigenvalue weighted by atomic mass is 10.2. The van der Waals surface area contributed by atoms with Crippen molar-refractivity contribution in [3.05, 3.63) is 36.5 Å². The van der Waals surface area contributed by atoms with Crippen LogP contribution in [-0.2, 0) is 4.74 Å². The SMILES string of the molecule is O[C@H](COc1ccc2ncccc2c1)CN1CCOCC1. The van der Waals surface area contributed by atoms with Crippen LogP contribution in [0.25, 0.3) is 10.9 Å². The third-order valence-corrected chi connectivity index (χ3v) is 3.59. The third-order valence-electron chi connectivity index (χ3n) is 3.59. The van der Waals surface area contributed by atoms with Crippen molar-refractivity contribution < 1.29 is 14.6 Å². The molecule has 21 heavy (non-hydrogen) atoms. The summed E-state index contributed by atoms with van der Waals surface area (Å²) in [4.78, 5) is 6.47. The first kappa shape index (κ1) is 14.3. The fourth-order valence-corrected chi connectivity index (χ4v) is 2.47. The van der Waals surface area contributed by atoms with Crippen LogP contribution in [0.1, 0.15) is 0 Å². The van der Waals surface area contributed by atoms with Crippen molar-refractivity contribution in [2.24, 2.45) is 0 Å². The predicted molar refractivity (Wildman–Crippen MR) is 80.5 cm³/mol. The average Bonchev–Trinajstić information content (AvgIpc) is 2.54. The van der Waals surface area contributed by atoms with E-state index < -0.39 is 6.10 Å². The smallest absolute Gasteiger partial charge is 0.120 e. The molecule has 2 heterocycles. The monoisotopic (exact) mass is 288 g/mol. The Kier molecular flexibility index (Phi) is 4.65. The lowest BCUT2D eigenvalue weighted by Crippen LogP contribution is -2.42. The van der Waals surface area contributed by atoms with E-state index in [1.807, 2.05) is 30.3 Å². The number of morpholine rings is 1. The number of hydrogen-bond donors (Lipinski definition) is 1. The van der Waals surface area contributed by atoms with Gasteiger partial charge in [0.2, 0.25) is 0 Å². The van der Waals surface area contributed by atoms with E-state index in [-0.39, 0.29) is 0 Å². The van der Waals surface area contributed by atoms with Crippen molar-refractivity contribution >= 4 is 10.9 Å². The normalized spacial score (nSPS) is 17.8. The van der Waals surface area contributed by atoms with Gasteiger partial charge in [0.1, 0.15) is 18.5 Å². The minimum absolute atomic E-state index is 0.295. The number of ether oxygens (including phenoxy) is 2. The second kappa shape index (κ2) is 6.85. The van der Waals surface area contributed by atoms with Crippen molar-refractivity contribution in [1.29, 1.82) is 0 Å². The van der Waals surface area contributed by atoms with E-state index >= 15 is 0 Å². The molecule has 0 aliphatic carbocycles. The van der Waals surface area contributed by atoms with E-state index in [0.29, 0.717) is 13.2 Å². The van der Waals surface area contributed by atoms with Crippen LogP contribution in [0, 0.1) is 0 Å². The molecule has 1 atom stereocenters. The fraction of sp³-hybridized carbons (Fsp3) is 0.438. The second-order valence-corrected chi connectivity index (χ2v) is 5.24. The Morgan fingerprint density at radius 1 is 1.29 bits per heavy atom. The van der Waals surface area contributed by atoms with Gasteiger partial charge in [0.25, 0.3) is 0 Å². The van der Waals surface area contributed by atoms with E-state index in [1.54, 1.807) is 6.20 Å². The van der Waals surface area contributed by atoms with E-state index in [1.165, 1.54) is 0 Å². The van der Waals surface area contributed by atoms with Gasteiger partial charge in [-0.2, -0.15) is 0 Å². The number of hydrogen-bond acceptors (Lipinski definition) is 5. The fourth-order valence-electron chi connectivity index (χ4n) is 2.47. The summed E-state index contributed by atoms with van der Waals surface area (Å²) in [5, 5.41) is 11.1. The van der Waals surface area contributed by atoms with Crippen molar-refractivity contribution in [2.75, 3.05) is 39.5 Å². The summed E-state index contributed by atoms with van der Waals surface area (Å²) >= 11 is 0. The molecule has 1 aromatic heterocycles. The van der Waals surface area contributed by atoms with Crippen LogP contribution < -0.4 is 4.74 Å². The zero-order valence-electron chi connectivity index (χ0n) is 11.9. The van der Waals surface area contributed by atoms with Crippen molar-refractivity contribution in [3.63, 3.8) is 0 Å². The summed E-state index contributed by atoms with van der Waals surface area (Å²) in [6.45, 7) is 4.15. The molecule has 3 rings (SSSR count). The molecule has 1 aliphatic rings. The summed E-state index contributed by atoms with van der Waals surface area (Å²) in [5.74, 6) is 0.761. The minimum atomic E-state index is -0.493. The lowest BCUT2D eigenvalue weighted by Gasteiger charge is -2.28. The number of aromatic nitrogens is 1. The Labute approximate surface area is 124 Å². The highest BCUT2D eigenvalue weighted by molar-refractivity contribution is 5.79. The van der Waals surface area contributed by atoms with Gasteiger partial charge in [-0.05, 0) is 24.3 Å². The number of benzene rings is 1. The molecule has 0 saturated carbocycles. The summed E-state index contributed by atoms with van der Waals surface area (Å²) in [6.07, 6.45) is 1.28. The van der Waals surface area contributed by atoms with Gasteiger partial charge < -0.3 is 14.6 Å². The number of aliphatic hydroxyl groups excluding tert-OH is 1. The minimum Gasteiger partial charge on any atom is -0.491 e. The molecule has 1 aromatic carbocycles. The Morgan fingerprint density at radius 3 is 3.00 bits per heavy atom. The molecule has 1 saturated heterocycles. The summed E-state index contributed by atoms with van der Waals surface area (Å²) in [7, 11) is 0. The van der Waals surface area contributed by atoms with Gasteiger partial charge in [0, 0.05) is 31.2 Å². The first-order valence-electron chi connectivity index (χ1n) is 7.27. The standard InChI is InChI=1S/C16H20N2O3/c19-14(11-18-6-8-20-9-7-18)12-21-15-3-4-16-13(10-15)2-1-5-17-16/h1-5,10,14,19H,6-9,11-12H2/t14-/m0/s1. The molecule has 0 unspecified atom stereocenters. The highest BCUT2D eigenvalue weighted by Crippen LogP contribution is 2.19. The number of rotatable bonds is 5. The van der Waals surface area contributed by atoms with Crippen LogP contribution in [0.4, 0.5) is 0 Å². The van der Waals surface area contributed by atoms with Gasteiger partial charge in [-0.15, -0.1) is 0 Å². The van der Waals surface area contributed by atoms with E-state index in [9.17, 15) is 5.11 Å². The molecule has 2 aromatic rings. The van der Waals surface area contributed by atoms with Crippen LogP contribution in [0.3, 0.4) is 0 Å². The van der Waals surface area contributed by atoms with Crippen LogP contribution in [-0.4, -0.2) is 60.5 Å². The van der Waals surface area contributed by atoms with E-state index in [2.05, 4.69) is 9.88 Å². The van der Waals surface area contributed by atoms with Crippen molar-refractivity contribution in [3.8, 4) is 5.75 Å². The van der Waals surface area contributed by atoms with Crippen LogP contribution >= 0.6 is 0 Å². The zero-order valence-corrected chi connectivity index (χ0v) is 11.9. The molecular formula is C16H20N2O3. The van der Waals surface area contributed by atoms with Crippen molar-refractivity contribution in [1.82, 2.24) is 9.88 Å². The van der Waals surface area contributed by atoms with Gasteiger partial charge in [-0.1, -0.05) is 6.07 Å².